The van der Waals surface area contributed by atoms with Crippen LogP contribution in [0.4, 0.5) is 62.8 Å². The molecule has 1 aliphatic rings. The van der Waals surface area contributed by atoms with Crippen molar-refractivity contribution in [1.82, 2.24) is 0 Å². The van der Waals surface area contributed by atoms with Crippen molar-refractivity contribution in [2.45, 2.75) is 62.0 Å². The lowest BCUT2D eigenvalue weighted by atomic mass is 9.75. The van der Waals surface area contributed by atoms with E-state index in [0.29, 0.717) is 0 Å². The number of benzene rings is 1. The predicted molar refractivity (Wildman–Crippen MR) is 124 cm³/mol. The van der Waals surface area contributed by atoms with Crippen LogP contribution < -0.4 is 0 Å². The van der Waals surface area contributed by atoms with Crippen LogP contribution in [0.2, 0.25) is 0 Å². The fourth-order valence-electron chi connectivity index (χ4n) is 4.24. The van der Waals surface area contributed by atoms with E-state index in [1.807, 2.05) is 0 Å². The number of carbonyl (C=O) groups excluding carboxylic acids is 2. The number of nitro benzene ring substituents is 1. The number of carbonyl (C=O) groups is 2. The monoisotopic (exact) mass is 678 g/mol. The molecular formula is C24H19F13N2O6. The fourth-order valence-corrected chi connectivity index (χ4v) is 4.24. The van der Waals surface area contributed by atoms with E-state index in [0.717, 1.165) is 32.2 Å². The number of methoxy groups -OCH3 is 1. The number of hydrogen-bond donors (Lipinski definition) is 0. The molecule has 2 rings (SSSR count). The molecule has 0 spiro atoms. The molecule has 45 heavy (non-hydrogen) atoms. The van der Waals surface area contributed by atoms with Gasteiger partial charge in [-0.3, -0.25) is 19.9 Å². The Morgan fingerprint density at radius 1 is 0.889 bits per heavy atom. The molecule has 2 unspecified atom stereocenters. The fraction of sp³-hybridized carbons (Fsp3) is 0.542. The number of aliphatic imine (C=N–C) groups is 1. The maximum atomic E-state index is 14.2. The minimum atomic E-state index is -8.09. The summed E-state index contributed by atoms with van der Waals surface area (Å²) in [5, 5.41) is 11.3. The Labute approximate surface area is 243 Å². The van der Waals surface area contributed by atoms with Crippen LogP contribution in [-0.2, 0) is 19.1 Å². The van der Waals surface area contributed by atoms with Gasteiger partial charge >= 0.3 is 47.7 Å². The molecule has 1 aromatic rings. The van der Waals surface area contributed by atoms with Crippen molar-refractivity contribution in [2.24, 2.45) is 10.9 Å². The van der Waals surface area contributed by atoms with Gasteiger partial charge in [0.15, 0.2) is 0 Å². The molecule has 0 aliphatic carbocycles. The molecule has 1 aromatic carbocycles. The van der Waals surface area contributed by atoms with Gasteiger partial charge in [0.05, 0.1) is 30.6 Å². The van der Waals surface area contributed by atoms with Crippen LogP contribution in [0.15, 0.2) is 40.5 Å². The standard InChI is InChI=1S/C24H19F13N2O6/c1-10-14(17(40)44-3)16(12-5-4-6-13(9-12)39(42)43)15(11(2)38-10)18(41)45-8-7-19(25,26)20(27,28)21(29,30)22(31,32)23(33,34)24(35,36)37/h4-6,9,14,16H,7-8H2,1-3H3. The van der Waals surface area contributed by atoms with E-state index in [2.05, 4.69) is 14.5 Å². The average molecular weight is 678 g/mol. The molecule has 0 saturated carbocycles. The largest absolute Gasteiger partial charge is 0.468 e. The Balaban J connectivity index is 2.45. The molecule has 0 saturated heterocycles. The zero-order valence-electron chi connectivity index (χ0n) is 22.6. The third-order valence-corrected chi connectivity index (χ3v) is 6.59. The van der Waals surface area contributed by atoms with Crippen LogP contribution in [0, 0.1) is 16.0 Å². The van der Waals surface area contributed by atoms with Gasteiger partial charge in [-0.05, 0) is 19.4 Å². The molecule has 1 aliphatic heterocycles. The van der Waals surface area contributed by atoms with E-state index in [-0.39, 0.29) is 17.0 Å². The van der Waals surface area contributed by atoms with Crippen molar-refractivity contribution in [3.63, 3.8) is 0 Å². The van der Waals surface area contributed by atoms with Crippen LogP contribution in [0.25, 0.3) is 0 Å². The third kappa shape index (κ3) is 6.29. The summed E-state index contributed by atoms with van der Waals surface area (Å²) in [5.41, 5.74) is -1.82. The molecule has 8 nitrogen and oxygen atoms in total. The van der Waals surface area contributed by atoms with Gasteiger partial charge in [-0.2, -0.15) is 57.1 Å². The topological polar surface area (TPSA) is 108 Å². The molecule has 0 amide bonds. The van der Waals surface area contributed by atoms with Gasteiger partial charge in [0.1, 0.15) is 5.92 Å². The van der Waals surface area contributed by atoms with Gasteiger partial charge < -0.3 is 9.47 Å². The Hall–Kier alpha value is -3.94. The first kappa shape index (κ1) is 37.2. The number of rotatable bonds is 11. The van der Waals surface area contributed by atoms with Gasteiger partial charge in [-0.1, -0.05) is 12.1 Å². The highest BCUT2D eigenvalue weighted by Crippen LogP contribution is 2.60. The summed E-state index contributed by atoms with van der Waals surface area (Å²) in [6.45, 7) is 0.297. The maximum Gasteiger partial charge on any atom is 0.460 e. The molecule has 0 aromatic heterocycles. The quantitative estimate of drug-likeness (QED) is 0.109. The zero-order valence-corrected chi connectivity index (χ0v) is 22.6. The molecular weight excluding hydrogens is 659 g/mol. The Morgan fingerprint density at radius 3 is 1.91 bits per heavy atom. The molecule has 0 N–H and O–H groups in total. The van der Waals surface area contributed by atoms with Crippen molar-refractivity contribution in [3.8, 4) is 0 Å². The summed E-state index contributed by atoms with van der Waals surface area (Å²) in [4.78, 5) is 39.8. The number of hydrogen-bond acceptors (Lipinski definition) is 7. The predicted octanol–water partition coefficient (Wildman–Crippen LogP) is 6.89. The minimum Gasteiger partial charge on any atom is -0.468 e. The summed E-state index contributed by atoms with van der Waals surface area (Å²) in [6.07, 6.45) is -10.4. The van der Waals surface area contributed by atoms with Gasteiger partial charge in [-0.25, -0.2) is 4.79 Å². The van der Waals surface area contributed by atoms with Crippen LogP contribution in [0.1, 0.15) is 31.7 Å². The summed E-state index contributed by atoms with van der Waals surface area (Å²) in [7, 11) is 0.898. The second-order valence-corrected chi connectivity index (χ2v) is 9.47. The van der Waals surface area contributed by atoms with Crippen LogP contribution in [0.5, 0.6) is 0 Å². The Bertz CT molecular complexity index is 1410. The van der Waals surface area contributed by atoms with E-state index in [4.69, 9.17) is 0 Å². The van der Waals surface area contributed by atoms with Crippen molar-refractivity contribution in [2.75, 3.05) is 13.7 Å². The summed E-state index contributed by atoms with van der Waals surface area (Å²) < 4.78 is 183. The Kier molecular flexibility index (Phi) is 10.0. The van der Waals surface area contributed by atoms with E-state index >= 15 is 0 Å². The summed E-state index contributed by atoms with van der Waals surface area (Å²) in [6, 6.07) is 4.16. The number of halogens is 13. The Morgan fingerprint density at radius 2 is 1.42 bits per heavy atom. The average Bonchev–Trinajstić information content (AvgIpc) is 2.90. The second kappa shape index (κ2) is 12.1. The molecule has 1 heterocycles. The number of nitro groups is 1. The normalized spacial score (nSPS) is 18.8. The van der Waals surface area contributed by atoms with E-state index < -0.39 is 88.8 Å². The molecule has 21 heteroatoms. The zero-order chi connectivity index (χ0) is 35.1. The molecule has 0 radical (unpaired) electrons. The van der Waals surface area contributed by atoms with Gasteiger partial charge in [0.25, 0.3) is 5.69 Å². The molecule has 0 fully saturated rings. The highest BCUT2D eigenvalue weighted by Gasteiger charge is 2.90. The first-order valence-electron chi connectivity index (χ1n) is 11.9. The van der Waals surface area contributed by atoms with Crippen molar-refractivity contribution < 1.29 is 81.1 Å². The van der Waals surface area contributed by atoms with Gasteiger partial charge in [0.2, 0.25) is 0 Å². The minimum absolute atomic E-state index is 0.0441. The van der Waals surface area contributed by atoms with Gasteiger partial charge in [-0.15, -0.1) is 0 Å². The molecule has 252 valence electrons. The number of alkyl halides is 13. The second-order valence-electron chi connectivity index (χ2n) is 9.47. The van der Waals surface area contributed by atoms with Crippen molar-refractivity contribution >= 4 is 23.3 Å². The summed E-state index contributed by atoms with van der Waals surface area (Å²) >= 11 is 0. The van der Waals surface area contributed by atoms with Crippen LogP contribution >= 0.6 is 0 Å². The van der Waals surface area contributed by atoms with E-state index in [1.165, 1.54) is 13.0 Å². The number of non-ortho nitro benzene ring substituents is 1. The molecule has 2 atom stereocenters. The van der Waals surface area contributed by atoms with E-state index in [1.54, 1.807) is 0 Å². The smallest absolute Gasteiger partial charge is 0.460 e. The number of allylic oxidation sites excluding steroid dienone is 1. The molecule has 0 bridgehead atoms. The van der Waals surface area contributed by atoms with Crippen molar-refractivity contribution in [3.05, 3.63) is 51.2 Å². The van der Waals surface area contributed by atoms with Crippen LogP contribution in [-0.4, -0.2) is 72.1 Å². The summed E-state index contributed by atoms with van der Waals surface area (Å²) in [5.74, 6) is -44.0. The highest BCUT2D eigenvalue weighted by atomic mass is 19.4. The third-order valence-electron chi connectivity index (χ3n) is 6.59. The maximum absolute atomic E-state index is 14.2. The first-order chi connectivity index (χ1) is 20.2. The lowest BCUT2D eigenvalue weighted by Crippen LogP contribution is -2.70. The lowest BCUT2D eigenvalue weighted by molar-refractivity contribution is -0.440. The van der Waals surface area contributed by atoms with E-state index in [9.17, 15) is 76.8 Å². The van der Waals surface area contributed by atoms with Gasteiger partial charge in [0, 0.05) is 29.5 Å². The first-order valence-corrected chi connectivity index (χ1v) is 11.9. The van der Waals surface area contributed by atoms with Crippen LogP contribution in [0.3, 0.4) is 0 Å². The highest BCUT2D eigenvalue weighted by molar-refractivity contribution is 6.07. The SMILES string of the molecule is COC(=O)C1C(C)=NC(C)=C(C(=O)OCCC(F)(F)C(F)(F)C(F)(F)C(F)(F)C(F)(F)C(F)(F)F)C1c1cccc([N+](=O)[O-])c1. The lowest BCUT2D eigenvalue weighted by Gasteiger charge is -2.39. The van der Waals surface area contributed by atoms with Crippen molar-refractivity contribution in [1.29, 1.82) is 0 Å². The number of esters is 2. The number of nitrogens with zero attached hydrogens (tertiary/aromatic N) is 2. The number of ether oxygens (including phenoxy) is 2.